The number of nitrogens with zero attached hydrogens (tertiary/aromatic N) is 5. The van der Waals surface area contributed by atoms with Crippen molar-refractivity contribution in [1.82, 2.24) is 9.88 Å². The lowest BCUT2D eigenvalue weighted by Crippen LogP contribution is -2.47. The first kappa shape index (κ1) is 25.6. The van der Waals surface area contributed by atoms with Crippen LogP contribution in [0.4, 0.5) is 4.39 Å². The molecule has 2 aliphatic rings. The zero-order chi connectivity index (χ0) is 26.7. The summed E-state index contributed by atoms with van der Waals surface area (Å²) in [6, 6.07) is 20.2. The molecule has 0 N–H and O–H groups in total. The molecule has 0 saturated carbocycles. The fraction of sp³-hybridized carbons (Fsp3) is 0.267. The Hall–Kier alpha value is -4.01. The Bertz CT molecular complexity index is 1440. The van der Waals surface area contributed by atoms with Gasteiger partial charge in [-0.2, -0.15) is 9.48 Å². The van der Waals surface area contributed by atoms with Crippen LogP contribution in [-0.2, 0) is 12.8 Å². The van der Waals surface area contributed by atoms with Gasteiger partial charge in [-0.15, -0.1) is 0 Å². The number of methoxy groups -OCH3 is 1. The van der Waals surface area contributed by atoms with Gasteiger partial charge >= 0.3 is 18.2 Å². The lowest BCUT2D eigenvalue weighted by molar-refractivity contribution is -0.940. The van der Waals surface area contributed by atoms with Gasteiger partial charge in [0.1, 0.15) is 17.3 Å². The van der Waals surface area contributed by atoms with Gasteiger partial charge in [-0.1, -0.05) is 30.3 Å². The first-order valence-corrected chi connectivity index (χ1v) is 12.7. The van der Waals surface area contributed by atoms with Crippen LogP contribution in [0.2, 0.25) is 0 Å². The van der Waals surface area contributed by atoms with Crippen molar-refractivity contribution in [3.8, 4) is 5.75 Å². The van der Waals surface area contributed by atoms with E-state index in [-0.39, 0.29) is 10.3 Å². The molecule has 2 unspecified atom stereocenters. The number of ether oxygens (including phenoxy) is 1. The summed E-state index contributed by atoms with van der Waals surface area (Å²) in [6.07, 6.45) is 5.96. The van der Waals surface area contributed by atoms with Crippen LogP contribution in [0.15, 0.2) is 102 Å². The Labute approximate surface area is 222 Å². The van der Waals surface area contributed by atoms with Crippen molar-refractivity contribution < 1.29 is 18.4 Å². The van der Waals surface area contributed by atoms with Crippen LogP contribution in [0.1, 0.15) is 23.0 Å². The van der Waals surface area contributed by atoms with Gasteiger partial charge in [0.05, 0.1) is 36.6 Å². The van der Waals surface area contributed by atoms with E-state index in [4.69, 9.17) is 9.73 Å². The van der Waals surface area contributed by atoms with Crippen molar-refractivity contribution in [3.05, 3.63) is 124 Å². The van der Waals surface area contributed by atoms with E-state index in [2.05, 4.69) is 9.88 Å². The first-order chi connectivity index (χ1) is 18.4. The first-order valence-electron chi connectivity index (χ1n) is 12.7. The Balaban J connectivity index is 1.48. The molecule has 0 amide bonds. The molecule has 0 radical (unpaired) electrons. The van der Waals surface area contributed by atoms with Crippen LogP contribution in [-0.4, -0.2) is 59.1 Å². The number of benzene rings is 2. The maximum absolute atomic E-state index is 14.8. The number of aliphatic imine (C=N–C) groups is 1. The average molecular weight is 514 g/mol. The zero-order valence-electron chi connectivity index (χ0n) is 21.9. The monoisotopic (exact) mass is 513 g/mol. The van der Waals surface area contributed by atoms with E-state index < -0.39 is 6.17 Å². The standard InChI is InChI=1S/C30H32FN5O2/c1-34(16-14-24-11-6-7-15-32-24)20-25-19-26(17-22-9-4-5-13-28(22)31)36(2)29(33-25)21-35(37)30(36)23-10-8-12-27(18-23)38-3/h4-13,15,18-19,21,30H,14,16-17,20H2,1-3H3/q+2. The zero-order valence-corrected chi connectivity index (χ0v) is 21.9. The molecule has 194 valence electrons. The van der Waals surface area contributed by atoms with Crippen LogP contribution in [0.3, 0.4) is 0 Å². The fourth-order valence-electron chi connectivity index (χ4n) is 5.19. The molecule has 2 aliphatic heterocycles. The third kappa shape index (κ3) is 5.05. The molecule has 1 aromatic heterocycles. The van der Waals surface area contributed by atoms with Crippen molar-refractivity contribution in [2.45, 2.75) is 19.0 Å². The summed E-state index contributed by atoms with van der Waals surface area (Å²) >= 11 is 0. The Morgan fingerprint density at radius 2 is 1.92 bits per heavy atom. The molecule has 2 atom stereocenters. The average Bonchev–Trinajstić information content (AvgIpc) is 3.19. The highest BCUT2D eigenvalue weighted by molar-refractivity contribution is 5.98. The number of allylic oxidation sites excluding steroid dienone is 1. The topological polar surface area (TPSA) is 57.8 Å². The number of pyridine rings is 1. The number of nitroso groups, excluding NO2 is 1. The van der Waals surface area contributed by atoms with Gasteiger partial charge in [-0.05, 0) is 49.0 Å². The molecular weight excluding hydrogens is 481 g/mol. The Morgan fingerprint density at radius 3 is 2.68 bits per heavy atom. The lowest BCUT2D eigenvalue weighted by Gasteiger charge is -2.34. The highest BCUT2D eigenvalue weighted by atomic mass is 19.1. The smallest absolute Gasteiger partial charge is 0.369 e. The minimum absolute atomic E-state index is 0.145. The second-order valence-electron chi connectivity index (χ2n) is 9.89. The van der Waals surface area contributed by atoms with Crippen LogP contribution in [0.25, 0.3) is 0 Å². The minimum Gasteiger partial charge on any atom is -0.497 e. The molecule has 0 aliphatic carbocycles. The van der Waals surface area contributed by atoms with Gasteiger partial charge in [-0.25, -0.2) is 4.39 Å². The van der Waals surface area contributed by atoms with E-state index in [9.17, 15) is 9.30 Å². The van der Waals surface area contributed by atoms with Crippen molar-refractivity contribution >= 4 is 5.71 Å². The number of halogens is 1. The lowest BCUT2D eigenvalue weighted by atomic mass is 10.0. The van der Waals surface area contributed by atoms with Gasteiger partial charge in [0.2, 0.25) is 0 Å². The molecule has 3 heterocycles. The summed E-state index contributed by atoms with van der Waals surface area (Å²) in [5.74, 6) is 1.04. The molecule has 5 rings (SSSR count). The highest BCUT2D eigenvalue weighted by Crippen LogP contribution is 2.46. The van der Waals surface area contributed by atoms with Gasteiger partial charge < -0.3 is 9.64 Å². The van der Waals surface area contributed by atoms with E-state index in [1.807, 2.05) is 68.7 Å². The summed E-state index contributed by atoms with van der Waals surface area (Å²) in [4.78, 5) is 24.9. The minimum atomic E-state index is -0.606. The SMILES string of the molecule is COc1cccc(C2[N+](=O)C=C3N=C(CN(C)CCc4ccccn4)C=C(Cc4ccccc4F)[N+]32C)c1. The van der Waals surface area contributed by atoms with E-state index in [1.54, 1.807) is 31.6 Å². The van der Waals surface area contributed by atoms with Gasteiger partial charge in [0, 0.05) is 42.4 Å². The molecule has 0 bridgehead atoms. The Morgan fingerprint density at radius 1 is 1.11 bits per heavy atom. The van der Waals surface area contributed by atoms with Gasteiger partial charge in [0.15, 0.2) is 0 Å². The quantitative estimate of drug-likeness (QED) is 0.298. The molecule has 3 aromatic rings. The van der Waals surface area contributed by atoms with Gasteiger partial charge in [0.25, 0.3) is 0 Å². The molecule has 0 spiro atoms. The fourth-order valence-corrected chi connectivity index (χ4v) is 5.19. The van der Waals surface area contributed by atoms with Crippen molar-refractivity contribution in [2.24, 2.45) is 4.99 Å². The molecule has 0 saturated heterocycles. The van der Waals surface area contributed by atoms with Crippen molar-refractivity contribution in [1.29, 1.82) is 0 Å². The number of fused-ring (bicyclic) bond motifs is 1. The second-order valence-corrected chi connectivity index (χ2v) is 9.89. The number of rotatable bonds is 9. The summed E-state index contributed by atoms with van der Waals surface area (Å²) in [7, 11) is 5.63. The molecule has 7 nitrogen and oxygen atoms in total. The number of hydrogen-bond donors (Lipinski definition) is 0. The molecular formula is C30H32FN5O2+2. The largest absolute Gasteiger partial charge is 0.497 e. The predicted octanol–water partition coefficient (Wildman–Crippen LogP) is 5.02. The van der Waals surface area contributed by atoms with E-state index in [0.717, 1.165) is 40.4 Å². The van der Waals surface area contributed by atoms with Crippen molar-refractivity contribution in [2.75, 3.05) is 34.3 Å². The molecule has 8 heteroatoms. The predicted molar refractivity (Wildman–Crippen MR) is 145 cm³/mol. The summed E-state index contributed by atoms with van der Waals surface area (Å²) < 4.78 is 21.3. The third-order valence-corrected chi connectivity index (χ3v) is 7.27. The van der Waals surface area contributed by atoms with Crippen LogP contribution >= 0.6 is 0 Å². The Kier molecular flexibility index (Phi) is 7.26. The van der Waals surface area contributed by atoms with E-state index in [1.165, 1.54) is 6.07 Å². The van der Waals surface area contributed by atoms with Crippen LogP contribution < -0.4 is 4.74 Å². The van der Waals surface area contributed by atoms with Gasteiger partial charge in [-0.3, -0.25) is 4.98 Å². The number of hydrogen-bond acceptors (Lipinski definition) is 5. The normalized spacial score (nSPS) is 20.6. The number of quaternary nitrogens is 1. The maximum atomic E-state index is 14.8. The third-order valence-electron chi connectivity index (χ3n) is 7.27. The van der Waals surface area contributed by atoms with Crippen LogP contribution in [0, 0.1) is 10.7 Å². The number of likely N-dealkylation sites (N-methyl/N-ethyl adjacent to an activating group) is 2. The molecule has 38 heavy (non-hydrogen) atoms. The number of aromatic nitrogens is 1. The second kappa shape index (κ2) is 10.8. The summed E-state index contributed by atoms with van der Waals surface area (Å²) in [5, 5.41) is 0. The van der Waals surface area contributed by atoms with E-state index >= 15 is 0 Å². The molecule has 2 aromatic carbocycles. The van der Waals surface area contributed by atoms with E-state index in [0.29, 0.717) is 30.1 Å². The molecule has 0 fully saturated rings. The summed E-state index contributed by atoms with van der Waals surface area (Å²) in [6.45, 7) is 1.39. The van der Waals surface area contributed by atoms with Crippen LogP contribution in [0.5, 0.6) is 5.75 Å². The maximum Gasteiger partial charge on any atom is 0.369 e. The summed E-state index contributed by atoms with van der Waals surface area (Å²) in [5.41, 5.74) is 4.15. The van der Waals surface area contributed by atoms with Crippen molar-refractivity contribution in [3.63, 3.8) is 0 Å². The highest BCUT2D eigenvalue weighted by Gasteiger charge is 2.59.